The maximum Gasteiger partial charge on any atom is 0.175 e. The van der Waals surface area contributed by atoms with Crippen molar-refractivity contribution in [2.24, 2.45) is 0 Å². The Balaban J connectivity index is 1.71. The van der Waals surface area contributed by atoms with E-state index in [1.54, 1.807) is 6.33 Å². The summed E-state index contributed by atoms with van der Waals surface area (Å²) < 4.78 is 3.77. The molecule has 0 atom stereocenters. The van der Waals surface area contributed by atoms with Crippen LogP contribution in [0.15, 0.2) is 55.0 Å². The molecule has 0 bridgehead atoms. The van der Waals surface area contributed by atoms with Gasteiger partial charge in [-0.3, -0.25) is 4.40 Å². The average Bonchev–Trinajstić information content (AvgIpc) is 3.27. The third-order valence-corrected chi connectivity index (χ3v) is 4.99. The summed E-state index contributed by atoms with van der Waals surface area (Å²) in [6, 6.07) is 14.5. The van der Waals surface area contributed by atoms with Crippen LogP contribution in [0.2, 0.25) is 0 Å². The molecule has 0 N–H and O–H groups in total. The van der Waals surface area contributed by atoms with Crippen LogP contribution >= 0.6 is 0 Å². The van der Waals surface area contributed by atoms with Gasteiger partial charge in [0, 0.05) is 5.56 Å². The molecule has 132 valence electrons. The predicted octanol–water partition coefficient (Wildman–Crippen LogP) is 4.06. The smallest absolute Gasteiger partial charge is 0.175 e. The topological polar surface area (TPSA) is 60.9 Å². The van der Waals surface area contributed by atoms with E-state index >= 15 is 0 Å². The highest BCUT2D eigenvalue weighted by molar-refractivity contribution is 5.90. The number of benzene rings is 2. The lowest BCUT2D eigenvalue weighted by Crippen LogP contribution is -2.00. The van der Waals surface area contributed by atoms with Gasteiger partial charge in [-0.25, -0.2) is 9.67 Å². The second kappa shape index (κ2) is 5.74. The average molecular weight is 354 g/mol. The standard InChI is InChI=1S/C21H18N6/c1-13-5-4-6-16(9-13)19-24-25-21-18-11-23-27(20(18)22-12-26(19)21)17-8-7-14(2)15(3)10-17/h4-12H,1-3H3. The number of rotatable bonds is 2. The van der Waals surface area contributed by atoms with E-state index in [1.807, 2.05) is 27.4 Å². The van der Waals surface area contributed by atoms with Gasteiger partial charge in [-0.15, -0.1) is 10.2 Å². The number of hydrogen-bond donors (Lipinski definition) is 0. The second-order valence-electron chi connectivity index (χ2n) is 6.89. The third-order valence-electron chi connectivity index (χ3n) is 4.99. The normalized spacial score (nSPS) is 11.5. The van der Waals surface area contributed by atoms with E-state index in [1.165, 1.54) is 16.7 Å². The van der Waals surface area contributed by atoms with Crippen molar-refractivity contribution in [1.82, 2.24) is 29.4 Å². The van der Waals surface area contributed by atoms with Crippen LogP contribution in [0, 0.1) is 20.8 Å². The Morgan fingerprint density at radius 2 is 1.74 bits per heavy atom. The van der Waals surface area contributed by atoms with Crippen LogP contribution in [-0.4, -0.2) is 29.4 Å². The maximum absolute atomic E-state index is 4.66. The van der Waals surface area contributed by atoms with E-state index in [2.05, 4.69) is 71.4 Å². The zero-order valence-corrected chi connectivity index (χ0v) is 15.4. The van der Waals surface area contributed by atoms with Crippen molar-refractivity contribution in [1.29, 1.82) is 0 Å². The van der Waals surface area contributed by atoms with Gasteiger partial charge < -0.3 is 0 Å². The third kappa shape index (κ3) is 2.41. The largest absolute Gasteiger partial charge is 0.265 e. The molecule has 0 radical (unpaired) electrons. The minimum Gasteiger partial charge on any atom is -0.265 e. The summed E-state index contributed by atoms with van der Waals surface area (Å²) in [6.45, 7) is 6.27. The first-order valence-electron chi connectivity index (χ1n) is 8.84. The van der Waals surface area contributed by atoms with Crippen LogP contribution < -0.4 is 0 Å². The van der Waals surface area contributed by atoms with Gasteiger partial charge in [0.15, 0.2) is 17.1 Å². The molecule has 0 amide bonds. The molecule has 5 rings (SSSR count). The summed E-state index contributed by atoms with van der Waals surface area (Å²) in [7, 11) is 0. The van der Waals surface area contributed by atoms with E-state index < -0.39 is 0 Å². The molecule has 5 aromatic rings. The van der Waals surface area contributed by atoms with Gasteiger partial charge in [-0.2, -0.15) is 5.10 Å². The number of aryl methyl sites for hydroxylation is 3. The summed E-state index contributed by atoms with van der Waals surface area (Å²) in [5, 5.41) is 14.2. The number of nitrogens with zero attached hydrogens (tertiary/aromatic N) is 6. The van der Waals surface area contributed by atoms with Crippen LogP contribution in [-0.2, 0) is 0 Å². The molecule has 0 saturated carbocycles. The molecule has 0 unspecified atom stereocenters. The van der Waals surface area contributed by atoms with E-state index in [4.69, 9.17) is 0 Å². The molecule has 3 heterocycles. The lowest BCUT2D eigenvalue weighted by molar-refractivity contribution is 0.891. The van der Waals surface area contributed by atoms with Crippen molar-refractivity contribution < 1.29 is 0 Å². The van der Waals surface area contributed by atoms with E-state index in [0.717, 1.165) is 33.8 Å². The SMILES string of the molecule is Cc1cccc(-c2nnc3c4cnn(-c5ccc(C)c(C)c5)c4ncn23)c1. The van der Waals surface area contributed by atoms with Gasteiger partial charge >= 0.3 is 0 Å². The van der Waals surface area contributed by atoms with Crippen LogP contribution in [0.4, 0.5) is 0 Å². The van der Waals surface area contributed by atoms with Gasteiger partial charge in [0.05, 0.1) is 17.3 Å². The molecule has 27 heavy (non-hydrogen) atoms. The first-order chi connectivity index (χ1) is 13.1. The molecule has 2 aromatic carbocycles. The molecule has 0 aliphatic heterocycles. The van der Waals surface area contributed by atoms with Crippen molar-refractivity contribution in [3.63, 3.8) is 0 Å². The first-order valence-corrected chi connectivity index (χ1v) is 8.84. The number of hydrogen-bond acceptors (Lipinski definition) is 4. The van der Waals surface area contributed by atoms with Gasteiger partial charge in [0.1, 0.15) is 6.33 Å². The van der Waals surface area contributed by atoms with Gasteiger partial charge in [-0.05, 0) is 50.1 Å². The first kappa shape index (κ1) is 15.7. The van der Waals surface area contributed by atoms with Crippen molar-refractivity contribution in [2.75, 3.05) is 0 Å². The fraction of sp³-hybridized carbons (Fsp3) is 0.143. The fourth-order valence-corrected chi connectivity index (χ4v) is 3.35. The highest BCUT2D eigenvalue weighted by atomic mass is 15.3. The quantitative estimate of drug-likeness (QED) is 0.480. The zero-order chi connectivity index (χ0) is 18.5. The van der Waals surface area contributed by atoms with E-state index in [9.17, 15) is 0 Å². The Bertz CT molecular complexity index is 1310. The lowest BCUT2D eigenvalue weighted by atomic mass is 10.1. The maximum atomic E-state index is 4.66. The summed E-state index contributed by atoms with van der Waals surface area (Å²) in [5.41, 5.74) is 7.20. The molecule has 0 aliphatic rings. The van der Waals surface area contributed by atoms with Crippen LogP contribution in [0.25, 0.3) is 33.8 Å². The number of fused-ring (bicyclic) bond motifs is 3. The molecule has 0 aliphatic carbocycles. The minimum atomic E-state index is 0.756. The minimum absolute atomic E-state index is 0.756. The Kier molecular flexibility index (Phi) is 3.33. The molecule has 0 saturated heterocycles. The van der Waals surface area contributed by atoms with Crippen LogP contribution in [0.1, 0.15) is 16.7 Å². The molecule has 6 nitrogen and oxygen atoms in total. The highest BCUT2D eigenvalue weighted by Gasteiger charge is 2.15. The van der Waals surface area contributed by atoms with E-state index in [-0.39, 0.29) is 0 Å². The van der Waals surface area contributed by atoms with Gasteiger partial charge in [0.2, 0.25) is 0 Å². The fourth-order valence-electron chi connectivity index (χ4n) is 3.35. The monoisotopic (exact) mass is 354 g/mol. The Morgan fingerprint density at radius 3 is 2.56 bits per heavy atom. The Labute approximate surface area is 156 Å². The molecule has 0 fully saturated rings. The van der Waals surface area contributed by atoms with Gasteiger partial charge in [0.25, 0.3) is 0 Å². The lowest BCUT2D eigenvalue weighted by Gasteiger charge is -2.06. The Morgan fingerprint density at radius 1 is 0.852 bits per heavy atom. The Hall–Kier alpha value is -3.54. The zero-order valence-electron chi connectivity index (χ0n) is 15.4. The van der Waals surface area contributed by atoms with Crippen molar-refractivity contribution in [3.05, 3.63) is 71.7 Å². The predicted molar refractivity (Wildman–Crippen MR) is 105 cm³/mol. The second-order valence-corrected chi connectivity index (χ2v) is 6.89. The van der Waals surface area contributed by atoms with E-state index in [0.29, 0.717) is 0 Å². The summed E-state index contributed by atoms with van der Waals surface area (Å²) in [6.07, 6.45) is 3.58. The molecule has 0 spiro atoms. The molecular weight excluding hydrogens is 336 g/mol. The van der Waals surface area contributed by atoms with Crippen LogP contribution in [0.3, 0.4) is 0 Å². The van der Waals surface area contributed by atoms with Gasteiger partial charge in [-0.1, -0.05) is 29.8 Å². The highest BCUT2D eigenvalue weighted by Crippen LogP contribution is 2.25. The summed E-state index contributed by atoms with van der Waals surface area (Å²) in [5.74, 6) is 0.780. The number of aromatic nitrogens is 6. The molecular formula is C21H18N6. The van der Waals surface area contributed by atoms with Crippen molar-refractivity contribution in [3.8, 4) is 17.1 Å². The van der Waals surface area contributed by atoms with Crippen molar-refractivity contribution in [2.45, 2.75) is 20.8 Å². The summed E-state index contributed by atoms with van der Waals surface area (Å²) >= 11 is 0. The van der Waals surface area contributed by atoms with Crippen LogP contribution in [0.5, 0.6) is 0 Å². The molecule has 3 aromatic heterocycles. The summed E-state index contributed by atoms with van der Waals surface area (Å²) in [4.78, 5) is 4.66. The van der Waals surface area contributed by atoms with Crippen molar-refractivity contribution >= 4 is 16.7 Å². The molecule has 6 heteroatoms.